The average Bonchev–Trinajstić information content (AvgIpc) is 3.24. The lowest BCUT2D eigenvalue weighted by Crippen LogP contribution is -1.98. The fraction of sp³-hybridized carbons (Fsp3) is 0.130. The van der Waals surface area contributed by atoms with Crippen LogP contribution in [0, 0.1) is 0 Å². The van der Waals surface area contributed by atoms with Gasteiger partial charge in [0.05, 0.1) is 18.9 Å². The number of hydrogen-bond acceptors (Lipinski definition) is 6. The van der Waals surface area contributed by atoms with E-state index < -0.39 is 0 Å². The van der Waals surface area contributed by atoms with Crippen molar-refractivity contribution in [2.45, 2.75) is 14.4 Å². The maximum absolute atomic E-state index is 11.7. The minimum atomic E-state index is -0.166. The molecule has 6 nitrogen and oxygen atoms in total. The Hall–Kier alpha value is -3.80. The summed E-state index contributed by atoms with van der Waals surface area (Å²) < 4.78 is 11.0. The first-order valence-corrected chi connectivity index (χ1v) is 8.69. The van der Waals surface area contributed by atoms with Crippen LogP contribution in [0.3, 0.4) is 0 Å². The highest BCUT2D eigenvalue weighted by atomic mass is 16.5. The zero-order valence-electron chi connectivity index (χ0n) is 15.4. The summed E-state index contributed by atoms with van der Waals surface area (Å²) in [5.74, 6) is 0.852. The number of aromatic nitrogens is 3. The lowest BCUT2D eigenvalue weighted by Gasteiger charge is -2.12. The van der Waals surface area contributed by atoms with Crippen molar-refractivity contribution in [2.24, 2.45) is 0 Å². The molecule has 4 rings (SSSR count). The lowest BCUT2D eigenvalue weighted by molar-refractivity contribution is 0.101. The van der Waals surface area contributed by atoms with Crippen LogP contribution in [0.15, 0.2) is 71.5 Å². The van der Waals surface area contributed by atoms with Crippen LogP contribution in [-0.2, 0) is 0 Å². The van der Waals surface area contributed by atoms with Crippen LogP contribution < -0.4 is 4.74 Å². The fourth-order valence-electron chi connectivity index (χ4n) is 2.96. The molecule has 6 heteroatoms. The Balaban J connectivity index is 0.00000240. The molecule has 0 saturated carbocycles. The number of nitrogens with zero attached hydrogens (tertiary/aromatic N) is 3. The molecular formula is C23H21N3O3. The number of ketones is 1. The molecule has 2 heterocycles. The number of benzene rings is 2. The third-order valence-corrected chi connectivity index (χ3v) is 4.36. The molecule has 0 bridgehead atoms. The van der Waals surface area contributed by atoms with Crippen molar-refractivity contribution in [1.29, 1.82) is 0 Å². The maximum Gasteiger partial charge on any atom is 0.229 e. The van der Waals surface area contributed by atoms with Gasteiger partial charge in [-0.3, -0.25) is 4.79 Å². The zero-order valence-corrected chi connectivity index (χ0v) is 15.4. The minimum Gasteiger partial charge on any atom is -0.497 e. The maximum atomic E-state index is 11.7. The first-order valence-electron chi connectivity index (χ1n) is 8.69. The van der Waals surface area contributed by atoms with E-state index in [0.29, 0.717) is 22.9 Å². The highest BCUT2D eigenvalue weighted by Crippen LogP contribution is 2.38. The van der Waals surface area contributed by atoms with E-state index in [-0.39, 0.29) is 18.9 Å². The van der Waals surface area contributed by atoms with Crippen molar-refractivity contribution in [2.75, 3.05) is 7.11 Å². The van der Waals surface area contributed by atoms with Crippen molar-refractivity contribution < 1.29 is 13.9 Å². The fourth-order valence-corrected chi connectivity index (χ4v) is 2.96. The Labute approximate surface area is 169 Å². The van der Waals surface area contributed by atoms with E-state index in [1.54, 1.807) is 13.3 Å². The van der Waals surface area contributed by atoms with Gasteiger partial charge in [-0.05, 0) is 17.7 Å². The molecule has 0 fully saturated rings. The van der Waals surface area contributed by atoms with Gasteiger partial charge in [0.1, 0.15) is 23.4 Å². The lowest BCUT2D eigenvalue weighted by atomic mass is 9.97. The molecule has 2 aromatic heterocycles. The quantitative estimate of drug-likeness (QED) is 0.432. The van der Waals surface area contributed by atoms with Crippen LogP contribution in [0.5, 0.6) is 5.75 Å². The number of rotatable bonds is 5. The van der Waals surface area contributed by atoms with Crippen LogP contribution in [0.25, 0.3) is 33.8 Å². The smallest absolute Gasteiger partial charge is 0.229 e. The number of hydrogen-bond donors (Lipinski definition) is 0. The molecule has 0 saturated heterocycles. The molecule has 0 atom stereocenters. The molecule has 146 valence electrons. The first kappa shape index (κ1) is 19.9. The van der Waals surface area contributed by atoms with E-state index in [4.69, 9.17) is 9.15 Å². The predicted molar refractivity (Wildman–Crippen MR) is 112 cm³/mol. The van der Waals surface area contributed by atoms with Gasteiger partial charge in [-0.15, -0.1) is 5.10 Å². The molecule has 0 spiro atoms. The van der Waals surface area contributed by atoms with Gasteiger partial charge < -0.3 is 9.15 Å². The summed E-state index contributed by atoms with van der Waals surface area (Å²) in [5.41, 5.74) is 4.09. The number of oxazole rings is 1. The Bertz CT molecular complexity index is 1140. The number of carbonyl (C=O) groups excluding carboxylic acids is 1. The zero-order chi connectivity index (χ0) is 19.5. The Kier molecular flexibility index (Phi) is 5.83. The molecule has 0 unspecified atom stereocenters. The topological polar surface area (TPSA) is 78.1 Å². The van der Waals surface area contributed by atoms with Gasteiger partial charge in [0.2, 0.25) is 5.89 Å². The van der Waals surface area contributed by atoms with Crippen molar-refractivity contribution >= 4 is 5.78 Å². The van der Waals surface area contributed by atoms with E-state index in [0.717, 1.165) is 16.7 Å². The second-order valence-electron chi connectivity index (χ2n) is 6.17. The van der Waals surface area contributed by atoms with Crippen molar-refractivity contribution in [3.05, 3.63) is 72.8 Å². The largest absolute Gasteiger partial charge is 0.497 e. The molecule has 0 N–H and O–H groups in total. The Morgan fingerprint density at radius 1 is 1.03 bits per heavy atom. The SMILES string of the molecule is C.COc1cccc(-c2nncc(-c3ccccc3)c2-c2nc(C(C)=O)co2)c1. The van der Waals surface area contributed by atoms with Crippen molar-refractivity contribution in [3.8, 4) is 39.6 Å². The monoisotopic (exact) mass is 387 g/mol. The summed E-state index contributed by atoms with van der Waals surface area (Å²) in [6, 6.07) is 17.3. The predicted octanol–water partition coefficient (Wildman–Crippen LogP) is 5.31. The number of carbonyl (C=O) groups is 1. The van der Waals surface area contributed by atoms with E-state index in [1.165, 1.54) is 13.2 Å². The van der Waals surface area contributed by atoms with E-state index in [9.17, 15) is 4.79 Å². The first-order chi connectivity index (χ1) is 13.7. The third-order valence-electron chi connectivity index (χ3n) is 4.36. The highest BCUT2D eigenvalue weighted by molar-refractivity contribution is 5.94. The van der Waals surface area contributed by atoms with Gasteiger partial charge in [-0.2, -0.15) is 5.10 Å². The van der Waals surface area contributed by atoms with Crippen LogP contribution in [0.1, 0.15) is 24.8 Å². The molecule has 0 aliphatic rings. The van der Waals surface area contributed by atoms with Crippen LogP contribution in [0.4, 0.5) is 0 Å². The number of methoxy groups -OCH3 is 1. The summed E-state index contributed by atoms with van der Waals surface area (Å²) in [6.45, 7) is 1.45. The number of ether oxygens (including phenoxy) is 1. The van der Waals surface area contributed by atoms with Gasteiger partial charge in [-0.25, -0.2) is 4.98 Å². The average molecular weight is 387 g/mol. The Morgan fingerprint density at radius 2 is 1.79 bits per heavy atom. The van der Waals surface area contributed by atoms with Gasteiger partial charge in [-0.1, -0.05) is 49.9 Å². The second-order valence-corrected chi connectivity index (χ2v) is 6.17. The molecule has 0 radical (unpaired) electrons. The van der Waals surface area contributed by atoms with Gasteiger partial charge in [0.25, 0.3) is 0 Å². The molecule has 0 aliphatic carbocycles. The molecule has 4 aromatic rings. The van der Waals surface area contributed by atoms with E-state index in [1.807, 2.05) is 54.6 Å². The van der Waals surface area contributed by atoms with Crippen molar-refractivity contribution in [1.82, 2.24) is 15.2 Å². The summed E-state index contributed by atoms with van der Waals surface area (Å²) in [7, 11) is 1.61. The van der Waals surface area contributed by atoms with Crippen LogP contribution >= 0.6 is 0 Å². The van der Waals surface area contributed by atoms with Crippen LogP contribution in [-0.4, -0.2) is 28.1 Å². The number of Topliss-reactive ketones (excluding diaryl/α,β-unsaturated/α-hetero) is 1. The third kappa shape index (κ3) is 3.91. The summed E-state index contributed by atoms with van der Waals surface area (Å²) in [6.07, 6.45) is 3.04. The van der Waals surface area contributed by atoms with Gasteiger partial charge in [0.15, 0.2) is 5.78 Å². The highest BCUT2D eigenvalue weighted by Gasteiger charge is 2.21. The summed E-state index contributed by atoms with van der Waals surface area (Å²) >= 11 is 0. The minimum absolute atomic E-state index is 0. The normalized spacial score (nSPS) is 10.3. The second kappa shape index (κ2) is 8.48. The molecule has 2 aromatic carbocycles. The molecular weight excluding hydrogens is 366 g/mol. The standard InChI is InChI=1S/C22H17N3O3.CH4/c1-14(26)19-13-28-22(24-19)20-18(15-7-4-3-5-8-15)12-23-25-21(20)16-9-6-10-17(11-16)27-2;/h3-13H,1-2H3;1H4. The van der Waals surface area contributed by atoms with Gasteiger partial charge in [0, 0.05) is 18.1 Å². The van der Waals surface area contributed by atoms with Crippen molar-refractivity contribution in [3.63, 3.8) is 0 Å². The Morgan fingerprint density at radius 3 is 2.48 bits per heavy atom. The molecule has 29 heavy (non-hydrogen) atoms. The summed E-state index contributed by atoms with van der Waals surface area (Å²) in [5, 5.41) is 8.54. The molecule has 0 amide bonds. The summed E-state index contributed by atoms with van der Waals surface area (Å²) in [4.78, 5) is 16.1. The van der Waals surface area contributed by atoms with E-state index >= 15 is 0 Å². The van der Waals surface area contributed by atoms with Gasteiger partial charge >= 0.3 is 0 Å². The van der Waals surface area contributed by atoms with E-state index in [2.05, 4.69) is 15.2 Å². The molecule has 0 aliphatic heterocycles. The van der Waals surface area contributed by atoms with Crippen LogP contribution in [0.2, 0.25) is 0 Å².